The fourth-order valence-corrected chi connectivity index (χ4v) is 2.98. The third-order valence-corrected chi connectivity index (χ3v) is 4.09. The molecule has 0 aromatic rings. The first-order chi connectivity index (χ1) is 8.43. The second kappa shape index (κ2) is 10.7. The van der Waals surface area contributed by atoms with Crippen molar-refractivity contribution in [2.24, 2.45) is 11.1 Å². The molecule has 1 fully saturated rings. The lowest BCUT2D eigenvalue weighted by Gasteiger charge is -2.17. The van der Waals surface area contributed by atoms with Crippen LogP contribution in [0.3, 0.4) is 0 Å². The summed E-state index contributed by atoms with van der Waals surface area (Å²) in [7, 11) is 0. The average molecular weight is 239 g/mol. The van der Waals surface area contributed by atoms with Crippen LogP contribution in [0.2, 0.25) is 0 Å². The summed E-state index contributed by atoms with van der Waals surface area (Å²) in [5.74, 6) is 0.871. The van der Waals surface area contributed by atoms with E-state index in [1.54, 1.807) is 0 Å². The lowest BCUT2D eigenvalue weighted by molar-refractivity contribution is 0.368. The molecule has 0 bridgehead atoms. The topological polar surface area (TPSA) is 29.4 Å². The molecule has 1 aliphatic carbocycles. The predicted octanol–water partition coefficient (Wildman–Crippen LogP) is 5.45. The van der Waals surface area contributed by atoms with Crippen LogP contribution in [0.25, 0.3) is 0 Å². The Morgan fingerprint density at radius 3 is 1.71 bits per heavy atom. The zero-order valence-corrected chi connectivity index (χ0v) is 11.3. The third-order valence-electron chi connectivity index (χ3n) is 4.09. The number of nitrogens with zero attached hydrogens (tertiary/aromatic N) is 1. The number of nitroso groups, excluding NO2 is 1. The van der Waals surface area contributed by atoms with E-state index in [0.717, 1.165) is 12.3 Å². The molecule has 2 nitrogen and oxygen atoms in total. The molecule has 1 saturated carbocycles. The number of hydrogen-bond donors (Lipinski definition) is 0. The molecule has 0 heterocycles. The van der Waals surface area contributed by atoms with Gasteiger partial charge >= 0.3 is 0 Å². The van der Waals surface area contributed by atoms with Gasteiger partial charge in [-0.25, -0.2) is 0 Å². The minimum Gasteiger partial charge on any atom is -0.151 e. The summed E-state index contributed by atoms with van der Waals surface area (Å²) in [6.07, 6.45) is 17.9. The molecular weight excluding hydrogens is 210 g/mol. The number of rotatable bonds is 4. The molecular formula is C15H29NO. The van der Waals surface area contributed by atoms with E-state index in [1.165, 1.54) is 77.0 Å². The molecule has 100 valence electrons. The molecule has 0 atom stereocenters. The summed E-state index contributed by atoms with van der Waals surface area (Å²) in [5.41, 5.74) is 0. The quantitative estimate of drug-likeness (QED) is 0.473. The standard InChI is InChI=1S/C15H29NO/c17-16-14-10-13-15-11-8-6-4-2-1-3-5-7-9-12-15/h15H,1-14H2. The van der Waals surface area contributed by atoms with Crippen molar-refractivity contribution in [2.45, 2.75) is 83.5 Å². The SMILES string of the molecule is O=NCCCC1CCCCCCCCCCC1. The summed E-state index contributed by atoms with van der Waals surface area (Å²) >= 11 is 0. The fourth-order valence-electron chi connectivity index (χ4n) is 2.98. The highest BCUT2D eigenvalue weighted by molar-refractivity contribution is 4.63. The van der Waals surface area contributed by atoms with Crippen molar-refractivity contribution in [1.29, 1.82) is 0 Å². The van der Waals surface area contributed by atoms with Crippen molar-refractivity contribution in [2.75, 3.05) is 6.54 Å². The Labute approximate surface area is 107 Å². The van der Waals surface area contributed by atoms with E-state index in [4.69, 9.17) is 0 Å². The molecule has 0 aromatic carbocycles. The second-order valence-electron chi connectivity index (χ2n) is 5.62. The lowest BCUT2D eigenvalue weighted by Crippen LogP contribution is -2.02. The minimum absolute atomic E-state index is 0.524. The van der Waals surface area contributed by atoms with Crippen LogP contribution in [0.4, 0.5) is 0 Å². The van der Waals surface area contributed by atoms with Gasteiger partial charge in [0.2, 0.25) is 0 Å². The predicted molar refractivity (Wildman–Crippen MR) is 74.2 cm³/mol. The van der Waals surface area contributed by atoms with Gasteiger partial charge < -0.3 is 0 Å². The molecule has 17 heavy (non-hydrogen) atoms. The van der Waals surface area contributed by atoms with Crippen LogP contribution in [-0.4, -0.2) is 6.54 Å². The zero-order chi connectivity index (χ0) is 12.2. The summed E-state index contributed by atoms with van der Waals surface area (Å²) in [6.45, 7) is 0.524. The van der Waals surface area contributed by atoms with Crippen LogP contribution in [-0.2, 0) is 0 Å². The van der Waals surface area contributed by atoms with Gasteiger partial charge in [-0.15, -0.1) is 0 Å². The zero-order valence-electron chi connectivity index (χ0n) is 11.3. The maximum absolute atomic E-state index is 10.1. The van der Waals surface area contributed by atoms with E-state index >= 15 is 0 Å². The van der Waals surface area contributed by atoms with Crippen molar-refractivity contribution in [3.05, 3.63) is 4.91 Å². The van der Waals surface area contributed by atoms with Crippen LogP contribution in [0.5, 0.6) is 0 Å². The molecule has 0 radical (unpaired) electrons. The molecule has 0 spiro atoms. The first-order valence-corrected chi connectivity index (χ1v) is 7.72. The van der Waals surface area contributed by atoms with Crippen LogP contribution < -0.4 is 0 Å². The van der Waals surface area contributed by atoms with E-state index in [9.17, 15) is 4.91 Å². The van der Waals surface area contributed by atoms with E-state index in [-0.39, 0.29) is 0 Å². The lowest BCUT2D eigenvalue weighted by atomic mass is 9.89. The summed E-state index contributed by atoms with van der Waals surface area (Å²) < 4.78 is 0. The van der Waals surface area contributed by atoms with E-state index in [2.05, 4.69) is 5.18 Å². The highest BCUT2D eigenvalue weighted by atomic mass is 16.3. The van der Waals surface area contributed by atoms with Crippen LogP contribution in [0, 0.1) is 10.8 Å². The summed E-state index contributed by atoms with van der Waals surface area (Å²) in [6, 6.07) is 0. The average Bonchev–Trinajstić information content (AvgIpc) is 2.32. The minimum atomic E-state index is 0.524. The monoisotopic (exact) mass is 239 g/mol. The molecule has 0 saturated heterocycles. The Balaban J connectivity index is 2.19. The highest BCUT2D eigenvalue weighted by Gasteiger charge is 2.09. The van der Waals surface area contributed by atoms with Crippen LogP contribution in [0.15, 0.2) is 5.18 Å². The van der Waals surface area contributed by atoms with Crippen molar-refractivity contribution < 1.29 is 0 Å². The Morgan fingerprint density at radius 2 is 1.24 bits per heavy atom. The smallest absolute Gasteiger partial charge is 0.0811 e. The van der Waals surface area contributed by atoms with Gasteiger partial charge in [0.15, 0.2) is 0 Å². The maximum Gasteiger partial charge on any atom is 0.0811 e. The van der Waals surface area contributed by atoms with Crippen molar-refractivity contribution in [3.63, 3.8) is 0 Å². The first kappa shape index (κ1) is 14.7. The first-order valence-electron chi connectivity index (χ1n) is 7.72. The van der Waals surface area contributed by atoms with Gasteiger partial charge in [-0.1, -0.05) is 75.8 Å². The summed E-state index contributed by atoms with van der Waals surface area (Å²) in [5, 5.41) is 2.97. The largest absolute Gasteiger partial charge is 0.151 e. The molecule has 0 aliphatic heterocycles. The van der Waals surface area contributed by atoms with Gasteiger partial charge in [0.05, 0.1) is 6.54 Å². The van der Waals surface area contributed by atoms with Crippen LogP contribution >= 0.6 is 0 Å². The van der Waals surface area contributed by atoms with Gasteiger partial charge in [0.1, 0.15) is 0 Å². The summed E-state index contributed by atoms with van der Waals surface area (Å²) in [4.78, 5) is 10.1. The van der Waals surface area contributed by atoms with E-state index in [0.29, 0.717) is 6.54 Å². The second-order valence-corrected chi connectivity index (χ2v) is 5.62. The van der Waals surface area contributed by atoms with Gasteiger partial charge in [0.25, 0.3) is 0 Å². The molecule has 0 amide bonds. The Hall–Kier alpha value is -0.400. The maximum atomic E-state index is 10.1. The van der Waals surface area contributed by atoms with Gasteiger partial charge in [-0.3, -0.25) is 0 Å². The Morgan fingerprint density at radius 1 is 0.765 bits per heavy atom. The molecule has 1 aliphatic rings. The van der Waals surface area contributed by atoms with E-state index in [1.807, 2.05) is 0 Å². The molecule has 0 aromatic heterocycles. The fraction of sp³-hybridized carbons (Fsp3) is 1.00. The highest BCUT2D eigenvalue weighted by Crippen LogP contribution is 2.24. The van der Waals surface area contributed by atoms with Crippen molar-refractivity contribution in [3.8, 4) is 0 Å². The third kappa shape index (κ3) is 8.34. The van der Waals surface area contributed by atoms with Crippen molar-refractivity contribution in [1.82, 2.24) is 0 Å². The van der Waals surface area contributed by atoms with Gasteiger partial charge in [-0.05, 0) is 18.8 Å². The van der Waals surface area contributed by atoms with Crippen molar-refractivity contribution >= 4 is 0 Å². The normalized spacial score (nSPS) is 21.4. The van der Waals surface area contributed by atoms with Gasteiger partial charge in [-0.2, -0.15) is 4.91 Å². The molecule has 1 rings (SSSR count). The Kier molecular flexibility index (Phi) is 9.26. The van der Waals surface area contributed by atoms with Crippen LogP contribution in [0.1, 0.15) is 83.5 Å². The van der Waals surface area contributed by atoms with Gasteiger partial charge in [0, 0.05) is 0 Å². The Bertz CT molecular complexity index is 170. The molecule has 0 N–H and O–H groups in total. The van der Waals surface area contributed by atoms with E-state index < -0.39 is 0 Å². The molecule has 2 heteroatoms. The molecule has 0 unspecified atom stereocenters. The number of hydrogen-bond acceptors (Lipinski definition) is 2.